The SMILES string of the molecule is CCON(O)C(=O)C1COCCC1S(=O)(=O)c1ccc(OCc2ccc(F)cc2C)cc1. The second-order valence-electron chi connectivity index (χ2n) is 7.41. The van der Waals surface area contributed by atoms with E-state index in [0.29, 0.717) is 5.75 Å². The van der Waals surface area contributed by atoms with Crippen molar-refractivity contribution in [3.8, 4) is 5.75 Å². The van der Waals surface area contributed by atoms with Crippen LogP contribution < -0.4 is 4.74 Å². The quantitative estimate of drug-likeness (QED) is 0.470. The fraction of sp³-hybridized carbons (Fsp3) is 0.409. The number of hydroxylamine groups is 2. The Hall–Kier alpha value is -2.53. The molecule has 2 aromatic rings. The summed E-state index contributed by atoms with van der Waals surface area (Å²) in [6.45, 7) is 3.67. The summed E-state index contributed by atoms with van der Waals surface area (Å²) in [5, 5.41) is 8.74. The van der Waals surface area contributed by atoms with E-state index in [9.17, 15) is 22.8 Å². The summed E-state index contributed by atoms with van der Waals surface area (Å²) in [4.78, 5) is 17.3. The molecule has 8 nitrogen and oxygen atoms in total. The topological polar surface area (TPSA) is 102 Å². The van der Waals surface area contributed by atoms with Crippen LogP contribution in [0.2, 0.25) is 0 Å². The first-order valence-electron chi connectivity index (χ1n) is 10.2. The van der Waals surface area contributed by atoms with Gasteiger partial charge in [-0.15, -0.1) is 0 Å². The summed E-state index contributed by atoms with van der Waals surface area (Å²) in [7, 11) is -3.89. The van der Waals surface area contributed by atoms with E-state index < -0.39 is 26.9 Å². The van der Waals surface area contributed by atoms with Crippen molar-refractivity contribution in [1.82, 2.24) is 5.23 Å². The molecule has 0 radical (unpaired) electrons. The van der Waals surface area contributed by atoms with Crippen LogP contribution in [0.3, 0.4) is 0 Å². The van der Waals surface area contributed by atoms with Crippen LogP contribution in [0.4, 0.5) is 4.39 Å². The van der Waals surface area contributed by atoms with Gasteiger partial charge < -0.3 is 9.47 Å². The number of nitrogens with zero attached hydrogens (tertiary/aromatic N) is 1. The number of sulfone groups is 1. The molecule has 2 unspecified atom stereocenters. The van der Waals surface area contributed by atoms with Gasteiger partial charge in [0.2, 0.25) is 0 Å². The summed E-state index contributed by atoms with van der Waals surface area (Å²) < 4.78 is 50.7. The molecule has 1 saturated heterocycles. The van der Waals surface area contributed by atoms with Gasteiger partial charge >= 0.3 is 0 Å². The van der Waals surface area contributed by atoms with Crippen molar-refractivity contribution in [2.24, 2.45) is 5.92 Å². The van der Waals surface area contributed by atoms with Crippen LogP contribution >= 0.6 is 0 Å². The van der Waals surface area contributed by atoms with Gasteiger partial charge in [0.25, 0.3) is 5.91 Å². The Morgan fingerprint density at radius 3 is 2.62 bits per heavy atom. The second kappa shape index (κ2) is 10.4. The molecule has 0 saturated carbocycles. The highest BCUT2D eigenvalue weighted by Gasteiger charge is 2.43. The van der Waals surface area contributed by atoms with Crippen molar-refractivity contribution in [2.75, 3.05) is 19.8 Å². The van der Waals surface area contributed by atoms with Crippen LogP contribution in [-0.2, 0) is 30.8 Å². The largest absolute Gasteiger partial charge is 0.489 e. The molecular weight excluding hydrogens is 441 g/mol. The summed E-state index contributed by atoms with van der Waals surface area (Å²) in [6.07, 6.45) is 0.112. The minimum Gasteiger partial charge on any atom is -0.489 e. The Labute approximate surface area is 186 Å². The molecule has 1 heterocycles. The standard InChI is InChI=1S/C22H26FNO7S/c1-3-31-24(26)22(25)20-14-29-11-10-21(20)32(27,28)19-8-6-18(7-9-19)30-13-16-4-5-17(23)12-15(16)2/h4-9,12,20-21,26H,3,10-11,13-14H2,1-2H3. The Bertz CT molecular complexity index is 1040. The zero-order chi connectivity index (χ0) is 23.3. The van der Waals surface area contributed by atoms with Gasteiger partial charge in [0, 0.05) is 6.61 Å². The maximum atomic E-state index is 13.2. The van der Waals surface area contributed by atoms with E-state index in [0.717, 1.165) is 11.1 Å². The average molecular weight is 468 g/mol. The number of hydrogen-bond donors (Lipinski definition) is 1. The van der Waals surface area contributed by atoms with E-state index >= 15 is 0 Å². The third-order valence-corrected chi connectivity index (χ3v) is 7.59. The van der Waals surface area contributed by atoms with Gasteiger partial charge in [-0.05, 0) is 67.8 Å². The van der Waals surface area contributed by atoms with E-state index in [1.54, 1.807) is 19.9 Å². The molecule has 2 aromatic carbocycles. The highest BCUT2D eigenvalue weighted by Crippen LogP contribution is 2.30. The summed E-state index contributed by atoms with van der Waals surface area (Å²) in [6, 6.07) is 10.3. The Morgan fingerprint density at radius 1 is 1.25 bits per heavy atom. The van der Waals surface area contributed by atoms with E-state index in [1.807, 2.05) is 0 Å². The fourth-order valence-corrected chi connectivity index (χ4v) is 5.43. The molecule has 1 N–H and O–H groups in total. The fourth-order valence-electron chi connectivity index (χ4n) is 3.53. The van der Waals surface area contributed by atoms with Crippen LogP contribution in [0.1, 0.15) is 24.5 Å². The summed E-state index contributed by atoms with van der Waals surface area (Å²) >= 11 is 0. The zero-order valence-corrected chi connectivity index (χ0v) is 18.7. The molecule has 0 aliphatic carbocycles. The molecule has 1 fully saturated rings. The number of carbonyl (C=O) groups excluding carboxylic acids is 1. The molecule has 1 aliphatic rings. The molecule has 32 heavy (non-hydrogen) atoms. The molecule has 0 aromatic heterocycles. The molecule has 1 amide bonds. The predicted molar refractivity (Wildman–Crippen MR) is 112 cm³/mol. The Balaban J connectivity index is 1.73. The van der Waals surface area contributed by atoms with Gasteiger partial charge in [0.15, 0.2) is 9.84 Å². The number of hydrogen-bond acceptors (Lipinski definition) is 7. The first-order chi connectivity index (χ1) is 15.2. The maximum absolute atomic E-state index is 13.2. The number of amides is 1. The Kier molecular flexibility index (Phi) is 7.83. The second-order valence-corrected chi connectivity index (χ2v) is 9.58. The first-order valence-corrected chi connectivity index (χ1v) is 11.7. The zero-order valence-electron chi connectivity index (χ0n) is 17.9. The number of aryl methyl sites for hydroxylation is 1. The van der Waals surface area contributed by atoms with E-state index in [-0.39, 0.29) is 48.8 Å². The van der Waals surface area contributed by atoms with Crippen molar-refractivity contribution in [3.05, 3.63) is 59.4 Å². The molecule has 174 valence electrons. The number of rotatable bonds is 8. The van der Waals surface area contributed by atoms with Gasteiger partial charge in [-0.1, -0.05) is 11.3 Å². The highest BCUT2D eigenvalue weighted by molar-refractivity contribution is 7.92. The van der Waals surface area contributed by atoms with Gasteiger partial charge in [-0.25, -0.2) is 17.6 Å². The van der Waals surface area contributed by atoms with Gasteiger partial charge in [0.1, 0.15) is 18.2 Å². The van der Waals surface area contributed by atoms with E-state index in [2.05, 4.69) is 0 Å². The van der Waals surface area contributed by atoms with Gasteiger partial charge in [-0.3, -0.25) is 10.0 Å². The van der Waals surface area contributed by atoms with Gasteiger partial charge in [-0.2, -0.15) is 0 Å². The highest BCUT2D eigenvalue weighted by atomic mass is 32.2. The normalized spacial score (nSPS) is 18.9. The van der Waals surface area contributed by atoms with Crippen molar-refractivity contribution in [2.45, 2.75) is 37.0 Å². The van der Waals surface area contributed by atoms with Crippen LogP contribution in [0, 0.1) is 18.7 Å². The molecule has 3 rings (SSSR count). The van der Waals surface area contributed by atoms with Crippen LogP contribution in [-0.4, -0.2) is 49.8 Å². The van der Waals surface area contributed by atoms with Crippen molar-refractivity contribution in [1.29, 1.82) is 0 Å². The molecule has 2 atom stereocenters. The molecule has 10 heteroatoms. The monoisotopic (exact) mass is 467 g/mol. The summed E-state index contributed by atoms with van der Waals surface area (Å²) in [5.41, 5.74) is 1.57. The van der Waals surface area contributed by atoms with E-state index in [1.165, 1.54) is 36.4 Å². The lowest BCUT2D eigenvalue weighted by atomic mass is 10.0. The lowest BCUT2D eigenvalue weighted by Gasteiger charge is -2.31. The Morgan fingerprint density at radius 2 is 1.97 bits per heavy atom. The number of ether oxygens (including phenoxy) is 2. The van der Waals surface area contributed by atoms with Crippen molar-refractivity contribution >= 4 is 15.7 Å². The number of halogens is 1. The number of carbonyl (C=O) groups is 1. The summed E-state index contributed by atoms with van der Waals surface area (Å²) in [5.74, 6) is -1.83. The van der Waals surface area contributed by atoms with Crippen LogP contribution in [0.5, 0.6) is 5.75 Å². The number of benzene rings is 2. The minimum atomic E-state index is -3.89. The third-order valence-electron chi connectivity index (χ3n) is 5.30. The average Bonchev–Trinajstić information content (AvgIpc) is 2.78. The minimum absolute atomic E-state index is 0.0356. The molecular formula is C22H26FNO7S. The predicted octanol–water partition coefficient (Wildman–Crippen LogP) is 3.06. The third kappa shape index (κ3) is 5.44. The smallest absolute Gasteiger partial charge is 0.279 e. The van der Waals surface area contributed by atoms with Crippen LogP contribution in [0.15, 0.2) is 47.4 Å². The van der Waals surface area contributed by atoms with Crippen molar-refractivity contribution < 1.29 is 37.1 Å². The molecule has 0 bridgehead atoms. The van der Waals surface area contributed by atoms with Gasteiger partial charge in [0.05, 0.1) is 29.3 Å². The molecule has 0 spiro atoms. The van der Waals surface area contributed by atoms with E-state index in [4.69, 9.17) is 14.3 Å². The first kappa shape index (κ1) is 24.1. The lowest BCUT2D eigenvalue weighted by molar-refractivity contribution is -0.317. The van der Waals surface area contributed by atoms with Crippen molar-refractivity contribution in [3.63, 3.8) is 0 Å². The lowest BCUT2D eigenvalue weighted by Crippen LogP contribution is -2.47. The van der Waals surface area contributed by atoms with Crippen LogP contribution in [0.25, 0.3) is 0 Å². The molecule has 1 aliphatic heterocycles. The maximum Gasteiger partial charge on any atom is 0.279 e.